The molecule has 2 atom stereocenters. The Balaban J connectivity index is 2.04. The molecule has 0 spiro atoms. The summed E-state index contributed by atoms with van der Waals surface area (Å²) in [5.41, 5.74) is 1.38. The molecular weight excluding hydrogens is 200 g/mol. The molecule has 0 saturated heterocycles. The molecule has 2 rings (SSSR count). The molecule has 2 unspecified atom stereocenters. The Hall–Kier alpha value is -0.860. The van der Waals surface area contributed by atoms with Gasteiger partial charge < -0.3 is 9.84 Å². The van der Waals surface area contributed by atoms with Crippen molar-refractivity contribution in [2.24, 2.45) is 0 Å². The van der Waals surface area contributed by atoms with Gasteiger partial charge in [-0.05, 0) is 18.4 Å². The van der Waals surface area contributed by atoms with Gasteiger partial charge in [0.05, 0.1) is 19.3 Å². The van der Waals surface area contributed by atoms with Crippen molar-refractivity contribution in [1.29, 1.82) is 0 Å². The van der Waals surface area contributed by atoms with Gasteiger partial charge in [0.15, 0.2) is 0 Å². The van der Waals surface area contributed by atoms with Crippen LogP contribution in [0.2, 0.25) is 0 Å². The van der Waals surface area contributed by atoms with E-state index in [9.17, 15) is 0 Å². The normalized spacial score (nSPS) is 25.6. The van der Waals surface area contributed by atoms with Crippen LogP contribution in [0.3, 0.4) is 0 Å². The average Bonchev–Trinajstić information content (AvgIpc) is 2.38. The molecule has 88 valence electrons. The third-order valence-corrected chi connectivity index (χ3v) is 3.35. The van der Waals surface area contributed by atoms with Gasteiger partial charge in [-0.25, -0.2) is 0 Å². The van der Waals surface area contributed by atoms with Crippen LogP contribution in [-0.2, 0) is 4.74 Å². The highest BCUT2D eigenvalue weighted by atomic mass is 16.5. The van der Waals surface area contributed by atoms with Gasteiger partial charge in [-0.15, -0.1) is 0 Å². The zero-order valence-electron chi connectivity index (χ0n) is 9.64. The summed E-state index contributed by atoms with van der Waals surface area (Å²) >= 11 is 0. The van der Waals surface area contributed by atoms with Crippen molar-refractivity contribution in [2.75, 3.05) is 13.2 Å². The first kappa shape index (κ1) is 11.6. The molecule has 0 aliphatic heterocycles. The van der Waals surface area contributed by atoms with Crippen LogP contribution in [0, 0.1) is 0 Å². The van der Waals surface area contributed by atoms with Crippen molar-refractivity contribution in [2.45, 2.75) is 37.7 Å². The van der Waals surface area contributed by atoms with Gasteiger partial charge in [-0.1, -0.05) is 43.2 Å². The van der Waals surface area contributed by atoms with Gasteiger partial charge >= 0.3 is 0 Å². The van der Waals surface area contributed by atoms with Crippen LogP contribution in [0.1, 0.15) is 37.2 Å². The van der Waals surface area contributed by atoms with Gasteiger partial charge in [0, 0.05) is 5.92 Å². The maximum Gasteiger partial charge on any atom is 0.0701 e. The average molecular weight is 220 g/mol. The molecule has 0 amide bonds. The predicted molar refractivity (Wildman–Crippen MR) is 64.5 cm³/mol. The quantitative estimate of drug-likeness (QED) is 0.845. The van der Waals surface area contributed by atoms with Crippen LogP contribution in [-0.4, -0.2) is 24.4 Å². The van der Waals surface area contributed by atoms with Crippen LogP contribution in [0.15, 0.2) is 30.3 Å². The van der Waals surface area contributed by atoms with Crippen molar-refractivity contribution in [3.63, 3.8) is 0 Å². The summed E-state index contributed by atoms with van der Waals surface area (Å²) in [7, 11) is 0. The van der Waals surface area contributed by atoms with Crippen molar-refractivity contribution < 1.29 is 9.84 Å². The highest BCUT2D eigenvalue weighted by Crippen LogP contribution is 2.34. The number of hydrogen-bond acceptors (Lipinski definition) is 2. The minimum atomic E-state index is 0.123. The summed E-state index contributed by atoms with van der Waals surface area (Å²) in [6, 6.07) is 10.6. The maximum atomic E-state index is 8.83. The maximum absolute atomic E-state index is 8.83. The Kier molecular flexibility index (Phi) is 4.37. The molecule has 0 aromatic heterocycles. The Bertz CT molecular complexity index is 297. The first-order valence-electron chi connectivity index (χ1n) is 6.19. The lowest BCUT2D eigenvalue weighted by atomic mass is 9.81. The van der Waals surface area contributed by atoms with Crippen molar-refractivity contribution in [3.8, 4) is 0 Å². The van der Waals surface area contributed by atoms with E-state index in [-0.39, 0.29) is 6.61 Å². The largest absolute Gasteiger partial charge is 0.394 e. The lowest BCUT2D eigenvalue weighted by molar-refractivity contribution is -0.00419. The fourth-order valence-electron chi connectivity index (χ4n) is 2.58. The van der Waals surface area contributed by atoms with E-state index in [0.717, 1.165) is 6.42 Å². The third kappa shape index (κ3) is 2.83. The highest BCUT2D eigenvalue weighted by Gasteiger charge is 2.26. The molecule has 0 heterocycles. The van der Waals surface area contributed by atoms with Gasteiger partial charge in [0.2, 0.25) is 0 Å². The molecule has 0 radical (unpaired) electrons. The molecule has 1 saturated carbocycles. The molecular formula is C14H20O2. The van der Waals surface area contributed by atoms with Crippen molar-refractivity contribution in [1.82, 2.24) is 0 Å². The molecule has 0 bridgehead atoms. The number of hydrogen-bond donors (Lipinski definition) is 1. The second-order valence-electron chi connectivity index (χ2n) is 4.43. The Morgan fingerprint density at radius 2 is 1.88 bits per heavy atom. The predicted octanol–water partition coefficient (Wildman–Crippen LogP) is 2.72. The van der Waals surface area contributed by atoms with E-state index in [1.165, 1.54) is 24.8 Å². The smallest absolute Gasteiger partial charge is 0.0701 e. The summed E-state index contributed by atoms with van der Waals surface area (Å²) in [6.45, 7) is 0.589. The first-order valence-corrected chi connectivity index (χ1v) is 6.19. The van der Waals surface area contributed by atoms with Crippen LogP contribution < -0.4 is 0 Å². The fraction of sp³-hybridized carbons (Fsp3) is 0.571. The molecule has 16 heavy (non-hydrogen) atoms. The van der Waals surface area contributed by atoms with Gasteiger partial charge in [0.1, 0.15) is 0 Å². The lowest BCUT2D eigenvalue weighted by Crippen LogP contribution is -2.27. The Labute approximate surface area is 97.3 Å². The van der Waals surface area contributed by atoms with Crippen molar-refractivity contribution in [3.05, 3.63) is 35.9 Å². The summed E-state index contributed by atoms with van der Waals surface area (Å²) in [5.74, 6) is 0.515. The third-order valence-electron chi connectivity index (χ3n) is 3.35. The second kappa shape index (κ2) is 6.02. The zero-order chi connectivity index (χ0) is 11.2. The molecule has 1 fully saturated rings. The fourth-order valence-corrected chi connectivity index (χ4v) is 2.58. The van der Waals surface area contributed by atoms with E-state index in [1.54, 1.807) is 0 Å². The monoisotopic (exact) mass is 220 g/mol. The second-order valence-corrected chi connectivity index (χ2v) is 4.43. The standard InChI is InChI=1S/C14H20O2/c15-10-11-16-14-9-5-4-8-13(14)12-6-2-1-3-7-12/h1-3,6-7,13-15H,4-5,8-11H2. The van der Waals surface area contributed by atoms with Crippen LogP contribution >= 0.6 is 0 Å². The Morgan fingerprint density at radius 1 is 1.12 bits per heavy atom. The summed E-state index contributed by atoms with van der Waals surface area (Å²) in [5, 5.41) is 8.83. The number of aliphatic hydroxyl groups is 1. The van der Waals surface area contributed by atoms with E-state index in [0.29, 0.717) is 18.6 Å². The lowest BCUT2D eigenvalue weighted by Gasteiger charge is -2.31. The van der Waals surface area contributed by atoms with Crippen LogP contribution in [0.4, 0.5) is 0 Å². The van der Waals surface area contributed by atoms with Crippen LogP contribution in [0.5, 0.6) is 0 Å². The minimum Gasteiger partial charge on any atom is -0.394 e. The zero-order valence-corrected chi connectivity index (χ0v) is 9.64. The van der Waals surface area contributed by atoms with Gasteiger partial charge in [0.25, 0.3) is 0 Å². The number of aliphatic hydroxyl groups excluding tert-OH is 1. The molecule has 1 aromatic carbocycles. The first-order chi connectivity index (χ1) is 7.92. The van der Waals surface area contributed by atoms with E-state index >= 15 is 0 Å². The van der Waals surface area contributed by atoms with Crippen molar-refractivity contribution >= 4 is 0 Å². The van der Waals surface area contributed by atoms with E-state index < -0.39 is 0 Å². The summed E-state index contributed by atoms with van der Waals surface area (Å²) < 4.78 is 5.75. The van der Waals surface area contributed by atoms with E-state index in [2.05, 4.69) is 30.3 Å². The van der Waals surface area contributed by atoms with Crippen LogP contribution in [0.25, 0.3) is 0 Å². The molecule has 1 aromatic rings. The highest BCUT2D eigenvalue weighted by molar-refractivity contribution is 5.21. The van der Waals surface area contributed by atoms with E-state index in [1.807, 2.05) is 0 Å². The van der Waals surface area contributed by atoms with Gasteiger partial charge in [-0.3, -0.25) is 0 Å². The number of ether oxygens (including phenoxy) is 1. The summed E-state index contributed by atoms with van der Waals surface area (Å²) in [4.78, 5) is 0. The molecule has 2 heteroatoms. The number of rotatable bonds is 4. The molecule has 1 aliphatic carbocycles. The molecule has 1 aliphatic rings. The topological polar surface area (TPSA) is 29.5 Å². The van der Waals surface area contributed by atoms with E-state index in [4.69, 9.17) is 9.84 Å². The molecule has 1 N–H and O–H groups in total. The minimum absolute atomic E-state index is 0.123. The molecule has 2 nitrogen and oxygen atoms in total. The van der Waals surface area contributed by atoms with Gasteiger partial charge in [-0.2, -0.15) is 0 Å². The SMILES string of the molecule is OCCOC1CCCCC1c1ccccc1. The Morgan fingerprint density at radius 3 is 2.62 bits per heavy atom. The summed E-state index contributed by atoms with van der Waals surface area (Å²) in [6.07, 6.45) is 5.17. The number of benzene rings is 1.